The number of nitrogens with two attached hydrogens (primary N) is 1. The molecule has 0 saturated heterocycles. The number of methoxy groups -OCH3 is 1. The summed E-state index contributed by atoms with van der Waals surface area (Å²) >= 11 is 0. The topological polar surface area (TPSA) is 64.7 Å². The molecule has 0 aliphatic heterocycles. The number of phenols is 1. The molecule has 0 radical (unpaired) electrons. The SMILES string of the molecule is COc1ccc(CCN)c(OCc2ccc(O)cc2)c1. The van der Waals surface area contributed by atoms with Gasteiger partial charge in [0.05, 0.1) is 7.11 Å². The number of ether oxygens (including phenoxy) is 2. The minimum atomic E-state index is 0.249. The summed E-state index contributed by atoms with van der Waals surface area (Å²) in [5.41, 5.74) is 7.66. The molecule has 2 rings (SSSR count). The average Bonchev–Trinajstić information content (AvgIpc) is 2.48. The Morgan fingerprint density at radius 1 is 1.10 bits per heavy atom. The first kappa shape index (κ1) is 14.2. The first-order chi connectivity index (χ1) is 9.72. The maximum absolute atomic E-state index is 9.25. The number of hydrogen-bond donors (Lipinski definition) is 2. The fraction of sp³-hybridized carbons (Fsp3) is 0.250. The Morgan fingerprint density at radius 2 is 1.85 bits per heavy atom. The van der Waals surface area contributed by atoms with E-state index in [9.17, 15) is 5.11 Å². The summed E-state index contributed by atoms with van der Waals surface area (Å²) in [5, 5.41) is 9.25. The van der Waals surface area contributed by atoms with Crippen molar-refractivity contribution in [3.05, 3.63) is 53.6 Å². The van der Waals surface area contributed by atoms with Crippen molar-refractivity contribution in [1.29, 1.82) is 0 Å². The van der Waals surface area contributed by atoms with Gasteiger partial charge in [-0.1, -0.05) is 18.2 Å². The lowest BCUT2D eigenvalue weighted by Gasteiger charge is -2.12. The van der Waals surface area contributed by atoms with Crippen LogP contribution in [0.5, 0.6) is 17.2 Å². The molecule has 0 unspecified atom stereocenters. The summed E-state index contributed by atoms with van der Waals surface area (Å²) in [6.45, 7) is 1.01. The predicted molar refractivity (Wildman–Crippen MR) is 78.2 cm³/mol. The van der Waals surface area contributed by atoms with Crippen LogP contribution < -0.4 is 15.2 Å². The highest BCUT2D eigenvalue weighted by Gasteiger charge is 2.06. The molecule has 106 valence electrons. The van der Waals surface area contributed by atoms with Gasteiger partial charge in [0, 0.05) is 6.07 Å². The maximum atomic E-state index is 9.25. The van der Waals surface area contributed by atoms with Crippen LogP contribution in [0.4, 0.5) is 0 Å². The molecular weight excluding hydrogens is 254 g/mol. The van der Waals surface area contributed by atoms with Crippen molar-refractivity contribution >= 4 is 0 Å². The first-order valence-corrected chi connectivity index (χ1v) is 6.50. The second-order valence-corrected chi connectivity index (χ2v) is 4.47. The monoisotopic (exact) mass is 273 g/mol. The molecule has 4 nitrogen and oxygen atoms in total. The summed E-state index contributed by atoms with van der Waals surface area (Å²) in [6, 6.07) is 12.7. The van der Waals surface area contributed by atoms with Crippen molar-refractivity contribution in [1.82, 2.24) is 0 Å². The number of aromatic hydroxyl groups is 1. The Bertz CT molecular complexity index is 552. The fourth-order valence-corrected chi connectivity index (χ4v) is 1.91. The molecule has 4 heteroatoms. The van der Waals surface area contributed by atoms with Crippen LogP contribution in [0.25, 0.3) is 0 Å². The van der Waals surface area contributed by atoms with Gasteiger partial charge in [-0.15, -0.1) is 0 Å². The molecule has 0 amide bonds. The smallest absolute Gasteiger partial charge is 0.126 e. The maximum Gasteiger partial charge on any atom is 0.126 e. The van der Waals surface area contributed by atoms with Crippen molar-refractivity contribution in [2.24, 2.45) is 5.73 Å². The summed E-state index contributed by atoms with van der Waals surface area (Å²) in [4.78, 5) is 0. The Hall–Kier alpha value is -2.20. The van der Waals surface area contributed by atoms with Gasteiger partial charge in [0.1, 0.15) is 23.9 Å². The van der Waals surface area contributed by atoms with E-state index in [-0.39, 0.29) is 5.75 Å². The molecule has 3 N–H and O–H groups in total. The van der Waals surface area contributed by atoms with E-state index in [0.29, 0.717) is 13.2 Å². The van der Waals surface area contributed by atoms with Gasteiger partial charge in [-0.3, -0.25) is 0 Å². The van der Waals surface area contributed by atoms with Crippen molar-refractivity contribution in [2.75, 3.05) is 13.7 Å². The lowest BCUT2D eigenvalue weighted by molar-refractivity contribution is 0.300. The molecule has 0 aliphatic carbocycles. The molecule has 0 spiro atoms. The van der Waals surface area contributed by atoms with E-state index in [2.05, 4.69) is 0 Å². The molecular formula is C16H19NO3. The zero-order valence-corrected chi connectivity index (χ0v) is 11.5. The number of phenolic OH excluding ortho intramolecular Hbond substituents is 1. The predicted octanol–water partition coefficient (Wildman–Crippen LogP) is 2.48. The number of rotatable bonds is 6. The number of hydrogen-bond acceptors (Lipinski definition) is 4. The molecule has 2 aromatic rings. The van der Waals surface area contributed by atoms with Crippen LogP contribution in [0.3, 0.4) is 0 Å². The van der Waals surface area contributed by atoms with Crippen LogP contribution >= 0.6 is 0 Å². The fourth-order valence-electron chi connectivity index (χ4n) is 1.91. The highest BCUT2D eigenvalue weighted by atomic mass is 16.5. The standard InChI is InChI=1S/C16H19NO3/c1-19-15-7-4-13(8-9-17)16(10-15)20-11-12-2-5-14(18)6-3-12/h2-7,10,18H,8-9,11,17H2,1H3. The Balaban J connectivity index is 2.12. The van der Waals surface area contributed by atoms with Crippen LogP contribution in [-0.2, 0) is 13.0 Å². The van der Waals surface area contributed by atoms with E-state index in [1.165, 1.54) is 0 Å². The highest BCUT2D eigenvalue weighted by Crippen LogP contribution is 2.26. The van der Waals surface area contributed by atoms with Crippen molar-refractivity contribution in [3.63, 3.8) is 0 Å². The molecule has 0 atom stereocenters. The van der Waals surface area contributed by atoms with Gasteiger partial charge in [0.2, 0.25) is 0 Å². The van der Waals surface area contributed by atoms with Crippen LogP contribution in [0.1, 0.15) is 11.1 Å². The third-order valence-electron chi connectivity index (χ3n) is 3.02. The number of benzene rings is 2. The second-order valence-electron chi connectivity index (χ2n) is 4.47. The van der Waals surface area contributed by atoms with Gasteiger partial charge < -0.3 is 20.3 Å². The van der Waals surface area contributed by atoms with E-state index in [1.54, 1.807) is 19.2 Å². The molecule has 0 heterocycles. The normalized spacial score (nSPS) is 10.3. The molecule has 0 saturated carbocycles. The van der Waals surface area contributed by atoms with Gasteiger partial charge in [0.15, 0.2) is 0 Å². The Kier molecular flexibility index (Phi) is 4.85. The van der Waals surface area contributed by atoms with Crippen molar-refractivity contribution < 1.29 is 14.6 Å². The zero-order valence-electron chi connectivity index (χ0n) is 11.5. The van der Waals surface area contributed by atoms with Crippen molar-refractivity contribution in [3.8, 4) is 17.2 Å². The zero-order chi connectivity index (χ0) is 14.4. The highest BCUT2D eigenvalue weighted by molar-refractivity contribution is 5.41. The average molecular weight is 273 g/mol. The van der Waals surface area contributed by atoms with Crippen LogP contribution in [0.2, 0.25) is 0 Å². The largest absolute Gasteiger partial charge is 0.508 e. The summed E-state index contributed by atoms with van der Waals surface area (Å²) in [5.74, 6) is 1.79. The van der Waals surface area contributed by atoms with Gasteiger partial charge in [0.25, 0.3) is 0 Å². The van der Waals surface area contributed by atoms with E-state index < -0.39 is 0 Å². The minimum absolute atomic E-state index is 0.249. The van der Waals surface area contributed by atoms with E-state index in [4.69, 9.17) is 15.2 Å². The van der Waals surface area contributed by atoms with E-state index >= 15 is 0 Å². The molecule has 0 aliphatic rings. The van der Waals surface area contributed by atoms with E-state index in [1.807, 2.05) is 30.3 Å². The summed E-state index contributed by atoms with van der Waals surface area (Å²) in [6.07, 6.45) is 0.759. The quantitative estimate of drug-likeness (QED) is 0.848. The lowest BCUT2D eigenvalue weighted by Crippen LogP contribution is -2.05. The van der Waals surface area contributed by atoms with Gasteiger partial charge in [-0.2, -0.15) is 0 Å². The van der Waals surface area contributed by atoms with Crippen LogP contribution in [0.15, 0.2) is 42.5 Å². The molecule has 0 aromatic heterocycles. The first-order valence-electron chi connectivity index (χ1n) is 6.50. The molecule has 20 heavy (non-hydrogen) atoms. The third kappa shape index (κ3) is 3.65. The Labute approximate surface area is 118 Å². The van der Waals surface area contributed by atoms with Gasteiger partial charge >= 0.3 is 0 Å². The lowest BCUT2D eigenvalue weighted by atomic mass is 10.1. The van der Waals surface area contributed by atoms with E-state index in [0.717, 1.165) is 29.0 Å². The molecule has 2 aromatic carbocycles. The van der Waals surface area contributed by atoms with Crippen molar-refractivity contribution in [2.45, 2.75) is 13.0 Å². The molecule has 0 bridgehead atoms. The molecule has 0 fully saturated rings. The summed E-state index contributed by atoms with van der Waals surface area (Å²) in [7, 11) is 1.63. The summed E-state index contributed by atoms with van der Waals surface area (Å²) < 4.78 is 11.1. The Morgan fingerprint density at radius 3 is 2.50 bits per heavy atom. The second kappa shape index (κ2) is 6.82. The van der Waals surface area contributed by atoms with Crippen LogP contribution in [0, 0.1) is 0 Å². The van der Waals surface area contributed by atoms with Gasteiger partial charge in [-0.05, 0) is 42.3 Å². The third-order valence-corrected chi connectivity index (χ3v) is 3.02. The van der Waals surface area contributed by atoms with Crippen LogP contribution in [-0.4, -0.2) is 18.8 Å². The van der Waals surface area contributed by atoms with Gasteiger partial charge in [-0.25, -0.2) is 0 Å². The minimum Gasteiger partial charge on any atom is -0.508 e.